The average molecular weight is 87.1 g/mol. The smallest absolute Gasteiger partial charge is 0.0466 e. The molecule has 0 rings (SSSR count). The van der Waals surface area contributed by atoms with Crippen LogP contribution in [-0.2, 0) is 0 Å². The number of hydrogen-bond donors (Lipinski definition) is 1. The maximum atomic E-state index is 9.90. The third-order valence-corrected chi connectivity index (χ3v) is 0.417. The summed E-state index contributed by atoms with van der Waals surface area (Å²) in [6, 6.07) is -0.282. The molecule has 36 valence electrons. The summed E-state index contributed by atoms with van der Waals surface area (Å²) in [6.45, 7) is 0. The summed E-state index contributed by atoms with van der Waals surface area (Å²) < 4.78 is 0. The topological polar surface area (TPSA) is 47.5 Å². The summed E-state index contributed by atoms with van der Waals surface area (Å²) in [4.78, 5) is 3.26. The highest BCUT2D eigenvalue weighted by atomic mass is 16.3. The van der Waals surface area contributed by atoms with E-state index in [0.717, 1.165) is 0 Å². The van der Waals surface area contributed by atoms with Gasteiger partial charge < -0.3 is 10.4 Å². The highest BCUT2D eigenvalue weighted by Gasteiger charge is 1.60. The molecule has 0 aromatic rings. The average Bonchev–Trinajstić information content (AvgIpc) is 1.65. The number of aliphatic imine (C=N–C) groups is 1. The van der Waals surface area contributed by atoms with Gasteiger partial charge in [0.2, 0.25) is 0 Å². The van der Waals surface area contributed by atoms with Crippen molar-refractivity contribution < 1.29 is 5.11 Å². The first-order valence-corrected chi connectivity index (χ1v) is 1.62. The fourth-order valence-corrected chi connectivity index (χ4v) is 0.112. The molecule has 0 aromatic carbocycles. The van der Waals surface area contributed by atoms with Crippen molar-refractivity contribution >= 4 is 6.02 Å². The van der Waals surface area contributed by atoms with Crippen molar-refractivity contribution in [1.29, 1.82) is 0 Å². The quantitative estimate of drug-likeness (QED) is 0.290. The van der Waals surface area contributed by atoms with Crippen LogP contribution in [0.1, 0.15) is 0 Å². The first-order valence-electron chi connectivity index (χ1n) is 1.62. The van der Waals surface area contributed by atoms with Gasteiger partial charge in [-0.2, -0.15) is 0 Å². The highest BCUT2D eigenvalue weighted by Crippen LogP contribution is 1.47. The predicted molar refractivity (Wildman–Crippen MR) is 22.4 cm³/mol. The van der Waals surface area contributed by atoms with Crippen molar-refractivity contribution in [2.24, 2.45) is 4.99 Å². The number of nitrogens with zero attached hydrogens (tertiary/aromatic N) is 1. The van der Waals surface area contributed by atoms with Crippen molar-refractivity contribution in [3.63, 3.8) is 0 Å². The molecule has 0 aromatic heterocycles. The molecule has 0 unspecified atom stereocenters. The monoisotopic (exact) mass is 87.1 g/mol. The summed E-state index contributed by atoms with van der Waals surface area (Å²) >= 11 is 0. The maximum Gasteiger partial charge on any atom is 0.0466 e. The number of nitrogens with one attached hydrogen (secondary N) is 1. The van der Waals surface area contributed by atoms with E-state index in [2.05, 4.69) is 10.3 Å². The molecule has 1 N–H and O–H groups in total. The van der Waals surface area contributed by atoms with Crippen LogP contribution in [0.5, 0.6) is 0 Å². The molecule has 0 atom stereocenters. The predicted octanol–water partition coefficient (Wildman–Crippen LogP) is -1.45. The van der Waals surface area contributed by atoms with Gasteiger partial charge in [0, 0.05) is 20.1 Å². The summed E-state index contributed by atoms with van der Waals surface area (Å²) in [6.07, 6.45) is 0. The summed E-state index contributed by atoms with van der Waals surface area (Å²) in [5.74, 6) is 0. The molecule has 0 aliphatic carbocycles. The lowest BCUT2D eigenvalue weighted by Gasteiger charge is -2.04. The Bertz CT molecular complexity index is 59.8. The fourth-order valence-electron chi connectivity index (χ4n) is 0.112. The highest BCUT2D eigenvalue weighted by molar-refractivity contribution is 5.67. The zero-order chi connectivity index (χ0) is 4.99. The van der Waals surface area contributed by atoms with E-state index in [1.54, 1.807) is 0 Å². The van der Waals surface area contributed by atoms with Crippen molar-refractivity contribution in [1.82, 2.24) is 5.32 Å². The molecule has 0 heterocycles. The van der Waals surface area contributed by atoms with Crippen LogP contribution in [0.3, 0.4) is 0 Å². The van der Waals surface area contributed by atoms with E-state index >= 15 is 0 Å². The van der Waals surface area contributed by atoms with Gasteiger partial charge in [-0.1, -0.05) is 0 Å². The van der Waals surface area contributed by atoms with Gasteiger partial charge in [-0.05, 0) is 0 Å². The van der Waals surface area contributed by atoms with Gasteiger partial charge in [0.15, 0.2) is 0 Å². The first kappa shape index (κ1) is 5.27. The Hall–Kier alpha value is -0.730. The van der Waals surface area contributed by atoms with E-state index in [9.17, 15) is 5.11 Å². The zero-order valence-electron chi connectivity index (χ0n) is 3.86. The molecule has 0 fully saturated rings. The molecule has 0 amide bonds. The fraction of sp³-hybridized carbons (Fsp3) is 0.667. The third kappa shape index (κ3) is 1.58. The van der Waals surface area contributed by atoms with Crippen LogP contribution in [0.25, 0.3) is 0 Å². The molecule has 0 bridgehead atoms. The van der Waals surface area contributed by atoms with Gasteiger partial charge in [0.1, 0.15) is 0 Å². The molecular weight excluding hydrogens is 80.0 g/mol. The molecule has 0 spiro atoms. The van der Waals surface area contributed by atoms with Crippen LogP contribution < -0.4 is 10.4 Å². The van der Waals surface area contributed by atoms with Crippen molar-refractivity contribution in [2.45, 2.75) is 0 Å². The molecule has 0 radical (unpaired) electrons. The molecule has 0 saturated heterocycles. The van der Waals surface area contributed by atoms with Gasteiger partial charge in [-0.15, -0.1) is 0 Å². The van der Waals surface area contributed by atoms with Crippen molar-refractivity contribution in [3.8, 4) is 0 Å². The second-order valence-corrected chi connectivity index (χ2v) is 0.779. The minimum absolute atomic E-state index is 0.282. The standard InChI is InChI=1S/C3H8N2O/c1-4-3(6)5-2/h1-2H3,(H2,4,5,6)/p-1. The Labute approximate surface area is 36.7 Å². The zero-order valence-corrected chi connectivity index (χ0v) is 3.86. The van der Waals surface area contributed by atoms with Gasteiger partial charge in [-0.25, -0.2) is 0 Å². The van der Waals surface area contributed by atoms with Crippen LogP contribution in [0, 0.1) is 0 Å². The third-order valence-electron chi connectivity index (χ3n) is 0.417. The molecule has 3 heteroatoms. The van der Waals surface area contributed by atoms with Gasteiger partial charge in [-0.3, -0.25) is 4.99 Å². The largest absolute Gasteiger partial charge is 0.846 e. The molecule has 3 nitrogen and oxygen atoms in total. The minimum Gasteiger partial charge on any atom is -0.846 e. The Morgan fingerprint density at radius 1 is 1.83 bits per heavy atom. The van der Waals surface area contributed by atoms with E-state index < -0.39 is 0 Å². The maximum absolute atomic E-state index is 9.90. The van der Waals surface area contributed by atoms with Crippen LogP contribution in [0.2, 0.25) is 0 Å². The van der Waals surface area contributed by atoms with E-state index in [1.807, 2.05) is 0 Å². The van der Waals surface area contributed by atoms with E-state index in [0.29, 0.717) is 0 Å². The second kappa shape index (κ2) is 2.50. The Morgan fingerprint density at radius 2 is 2.33 bits per heavy atom. The summed E-state index contributed by atoms with van der Waals surface area (Å²) in [5.41, 5.74) is 0. The SMILES string of the molecule is CN=C([O-])NC. The molecule has 0 aliphatic heterocycles. The van der Waals surface area contributed by atoms with Crippen LogP contribution in [0.4, 0.5) is 0 Å². The van der Waals surface area contributed by atoms with Crippen LogP contribution >= 0.6 is 0 Å². The lowest BCUT2D eigenvalue weighted by Crippen LogP contribution is -2.31. The second-order valence-electron chi connectivity index (χ2n) is 0.779. The molecule has 0 saturated carbocycles. The molecule has 6 heavy (non-hydrogen) atoms. The molecular formula is C3H7N2O-. The van der Waals surface area contributed by atoms with Gasteiger partial charge >= 0.3 is 0 Å². The Morgan fingerprint density at radius 3 is 2.33 bits per heavy atom. The van der Waals surface area contributed by atoms with E-state index in [1.165, 1.54) is 14.1 Å². The molecule has 0 aliphatic rings. The Balaban J connectivity index is 3.22. The number of hydrogen-bond acceptors (Lipinski definition) is 2. The number of amidine groups is 1. The van der Waals surface area contributed by atoms with Crippen LogP contribution in [-0.4, -0.2) is 20.1 Å². The lowest BCUT2D eigenvalue weighted by atomic mass is 11.0. The van der Waals surface area contributed by atoms with Gasteiger partial charge in [0.05, 0.1) is 0 Å². The minimum atomic E-state index is -0.282. The van der Waals surface area contributed by atoms with Crippen molar-refractivity contribution in [2.75, 3.05) is 14.1 Å². The van der Waals surface area contributed by atoms with E-state index in [4.69, 9.17) is 0 Å². The number of rotatable bonds is 0. The first-order chi connectivity index (χ1) is 2.81. The van der Waals surface area contributed by atoms with Crippen LogP contribution in [0.15, 0.2) is 4.99 Å². The van der Waals surface area contributed by atoms with E-state index in [-0.39, 0.29) is 6.02 Å². The van der Waals surface area contributed by atoms with Crippen molar-refractivity contribution in [3.05, 3.63) is 0 Å². The Kier molecular flexibility index (Phi) is 2.20. The normalized spacial score (nSPS) is 11.3. The summed E-state index contributed by atoms with van der Waals surface area (Å²) in [5, 5.41) is 12.2. The lowest BCUT2D eigenvalue weighted by molar-refractivity contribution is -0.221. The van der Waals surface area contributed by atoms with Gasteiger partial charge in [0.25, 0.3) is 0 Å². The summed E-state index contributed by atoms with van der Waals surface area (Å²) in [7, 11) is 2.98.